The second kappa shape index (κ2) is 17.4. The van der Waals surface area contributed by atoms with E-state index in [2.05, 4.69) is 230 Å². The van der Waals surface area contributed by atoms with E-state index >= 15 is 0 Å². The lowest BCUT2D eigenvalue weighted by Gasteiger charge is -2.36. The molecule has 17 aromatic rings. The highest BCUT2D eigenvalue weighted by molar-refractivity contribution is 7.02. The Bertz CT molecular complexity index is 5880. The summed E-state index contributed by atoms with van der Waals surface area (Å²) < 4.78 is 9.70. The number of nitrogens with zero attached hydrogens (tertiary/aromatic N) is 8. The van der Waals surface area contributed by atoms with E-state index in [0.29, 0.717) is 22.4 Å². The summed E-state index contributed by atoms with van der Waals surface area (Å²) in [6, 6.07) is 89.0. The Morgan fingerprint density at radius 1 is 0.352 bits per heavy atom. The number of nitriles is 3. The zero-order valence-corrected chi connectivity index (χ0v) is 47.1. The summed E-state index contributed by atoms with van der Waals surface area (Å²) in [7, 11) is 0. The van der Waals surface area contributed by atoms with E-state index in [1.54, 1.807) is 0 Å². The Balaban J connectivity index is 1.08. The van der Waals surface area contributed by atoms with Gasteiger partial charge in [0.15, 0.2) is 5.69 Å². The molecule has 400 valence electrons. The molecule has 0 N–H and O–H groups in total. The standard InChI is InChI=1S/C79H41BN8/c1-44-35-61-73-71-63(37-57-53-11-3-9-17-69(53)87(78(57)73)50-29-21-46(42-82)22-30-50)76-59(55-13-5-7-15-67(55)85(76)49-27-19-45(41-81)20-28-49)39-65(71)80-66-40-60-56-14-6-8-16-68(56)86(52-33-25-48(84-2)26-34-52)77(60)64-38-58-54-12-4-10-18-70(54)88(51-31-23-47(43-83)24-32-51)79(58)74(72(64)66)62(36-44)75(61)80/h3-40H,1H3. The van der Waals surface area contributed by atoms with Crippen LogP contribution in [0, 0.1) is 47.5 Å². The van der Waals surface area contributed by atoms with Crippen molar-refractivity contribution in [2.75, 3.05) is 0 Å². The van der Waals surface area contributed by atoms with E-state index in [-0.39, 0.29) is 6.71 Å². The van der Waals surface area contributed by atoms with E-state index in [1.165, 1.54) is 38.3 Å². The molecular weight excluding hydrogens is 1070 g/mol. The van der Waals surface area contributed by atoms with Gasteiger partial charge in [0.25, 0.3) is 0 Å². The molecule has 2 aliphatic rings. The first kappa shape index (κ1) is 48.0. The summed E-state index contributed by atoms with van der Waals surface area (Å²) in [5.74, 6) is 0. The van der Waals surface area contributed by atoms with Crippen molar-refractivity contribution in [2.24, 2.45) is 0 Å². The molecule has 0 bridgehead atoms. The van der Waals surface area contributed by atoms with Gasteiger partial charge < -0.3 is 18.3 Å². The quantitative estimate of drug-likeness (QED) is 0.130. The minimum atomic E-state index is -0.267. The smallest absolute Gasteiger partial charge is 0.244 e. The summed E-state index contributed by atoms with van der Waals surface area (Å²) in [6.45, 7) is 9.91. The molecule has 0 aliphatic carbocycles. The zero-order chi connectivity index (χ0) is 58.4. The van der Waals surface area contributed by atoms with Crippen molar-refractivity contribution < 1.29 is 0 Å². The van der Waals surface area contributed by atoms with Gasteiger partial charge in [0, 0.05) is 87.7 Å². The van der Waals surface area contributed by atoms with E-state index < -0.39 is 0 Å². The Labute approximate surface area is 503 Å². The van der Waals surface area contributed by atoms with Crippen LogP contribution in [0.15, 0.2) is 231 Å². The molecule has 0 saturated heterocycles. The summed E-state index contributed by atoms with van der Waals surface area (Å²) in [5.41, 5.74) is 24.4. The van der Waals surface area contributed by atoms with Gasteiger partial charge in [0.1, 0.15) is 0 Å². The molecule has 0 fully saturated rings. The fraction of sp³-hybridized carbons (Fsp3) is 0.0127. The number of rotatable bonds is 4. The van der Waals surface area contributed by atoms with Gasteiger partial charge in [-0.3, -0.25) is 0 Å². The molecular formula is C79H41BN8. The minimum absolute atomic E-state index is 0.267. The third kappa shape index (κ3) is 6.13. The van der Waals surface area contributed by atoms with Crippen LogP contribution in [0.1, 0.15) is 22.3 Å². The molecule has 19 rings (SSSR count). The highest BCUT2D eigenvalue weighted by Crippen LogP contribution is 2.52. The van der Waals surface area contributed by atoms with Crippen molar-refractivity contribution in [3.05, 3.63) is 264 Å². The second-order valence-corrected chi connectivity index (χ2v) is 23.6. The van der Waals surface area contributed by atoms with Crippen LogP contribution in [0.25, 0.3) is 159 Å². The fourth-order valence-corrected chi connectivity index (χ4v) is 15.8. The second-order valence-electron chi connectivity index (χ2n) is 23.6. The zero-order valence-electron chi connectivity index (χ0n) is 47.1. The highest BCUT2D eigenvalue weighted by atomic mass is 15.0. The van der Waals surface area contributed by atoms with E-state index in [0.717, 1.165) is 137 Å². The normalized spacial score (nSPS) is 12.3. The number of aryl methyl sites for hydroxylation is 1. The van der Waals surface area contributed by atoms with Crippen LogP contribution in [0.2, 0.25) is 0 Å². The molecule has 9 heteroatoms. The van der Waals surface area contributed by atoms with Gasteiger partial charge in [-0.15, -0.1) is 0 Å². The number of fused-ring (bicyclic) bond motifs is 20. The number of para-hydroxylation sites is 4. The number of benzene rings is 13. The van der Waals surface area contributed by atoms with Crippen LogP contribution >= 0.6 is 0 Å². The molecule has 0 amide bonds. The lowest BCUT2D eigenvalue weighted by molar-refractivity contribution is 1.18. The number of aromatic nitrogens is 4. The molecule has 0 spiro atoms. The molecule has 0 atom stereocenters. The van der Waals surface area contributed by atoms with Crippen LogP contribution in [0.5, 0.6) is 0 Å². The molecule has 8 nitrogen and oxygen atoms in total. The summed E-state index contributed by atoms with van der Waals surface area (Å²) >= 11 is 0. The molecule has 13 aromatic carbocycles. The van der Waals surface area contributed by atoms with Crippen molar-refractivity contribution in [3.63, 3.8) is 0 Å². The maximum absolute atomic E-state index is 10.1. The monoisotopic (exact) mass is 1110 g/mol. The molecule has 2 aliphatic heterocycles. The lowest BCUT2D eigenvalue weighted by atomic mass is 9.30. The van der Waals surface area contributed by atoms with Crippen LogP contribution in [-0.4, -0.2) is 25.0 Å². The van der Waals surface area contributed by atoms with Crippen molar-refractivity contribution in [1.29, 1.82) is 15.8 Å². The van der Waals surface area contributed by atoms with Crippen LogP contribution in [0.3, 0.4) is 0 Å². The number of hydrogen-bond acceptors (Lipinski definition) is 3. The first-order valence-corrected chi connectivity index (χ1v) is 29.5. The molecule has 4 aromatic heterocycles. The summed E-state index contributed by atoms with van der Waals surface area (Å²) in [5, 5.41) is 44.0. The summed E-state index contributed by atoms with van der Waals surface area (Å²) in [6.07, 6.45) is 0. The fourth-order valence-electron chi connectivity index (χ4n) is 15.8. The predicted molar refractivity (Wildman–Crippen MR) is 359 cm³/mol. The molecule has 88 heavy (non-hydrogen) atoms. The van der Waals surface area contributed by atoms with E-state index in [1.807, 2.05) is 48.5 Å². The van der Waals surface area contributed by atoms with Gasteiger partial charge >= 0.3 is 0 Å². The van der Waals surface area contributed by atoms with E-state index in [9.17, 15) is 15.8 Å². The predicted octanol–water partition coefficient (Wildman–Crippen LogP) is 17.3. The van der Waals surface area contributed by atoms with Crippen LogP contribution in [-0.2, 0) is 0 Å². The largest absolute Gasteiger partial charge is 0.309 e. The average molecular weight is 1110 g/mol. The molecule has 0 unspecified atom stereocenters. The van der Waals surface area contributed by atoms with Gasteiger partial charge in [-0.2, -0.15) is 15.8 Å². The van der Waals surface area contributed by atoms with Gasteiger partial charge in [-0.25, -0.2) is 4.85 Å². The minimum Gasteiger partial charge on any atom is -0.309 e. The SMILES string of the molecule is [C-]#[N+]c1ccc(-n2c3ccccc3c3cc4c5c(c6c(cc5c32)c2ccccc2n6-c2ccc(C#N)cc2)-c2cc(C)cc3c2B4c2cc4c5ccccc5n(-c5ccc(C#N)cc5)c4c4cc5c6ccccc6n(-c6ccc(C#N)cc6)c5c-3c24)cc1. The van der Waals surface area contributed by atoms with Crippen molar-refractivity contribution in [2.45, 2.75) is 6.92 Å². The van der Waals surface area contributed by atoms with Gasteiger partial charge in [-0.05, 0) is 156 Å². The maximum Gasteiger partial charge on any atom is 0.244 e. The van der Waals surface area contributed by atoms with Crippen molar-refractivity contribution >= 4 is 138 Å². The van der Waals surface area contributed by atoms with Crippen molar-refractivity contribution in [3.8, 4) is 63.2 Å². The average Bonchev–Trinajstić information content (AvgIpc) is 1.34. The van der Waals surface area contributed by atoms with Gasteiger partial charge in [0.05, 0.1) is 85.6 Å². The highest BCUT2D eigenvalue weighted by Gasteiger charge is 2.43. The van der Waals surface area contributed by atoms with Gasteiger partial charge in [-0.1, -0.05) is 126 Å². The Morgan fingerprint density at radius 2 is 0.670 bits per heavy atom. The Hall–Kier alpha value is -12.4. The topological polar surface area (TPSA) is 95.4 Å². The molecule has 0 radical (unpaired) electrons. The third-order valence-electron chi connectivity index (χ3n) is 19.2. The molecule has 0 saturated carbocycles. The summed E-state index contributed by atoms with van der Waals surface area (Å²) in [4.78, 5) is 3.81. The van der Waals surface area contributed by atoms with Gasteiger partial charge in [0.2, 0.25) is 6.71 Å². The molecule has 6 heterocycles. The van der Waals surface area contributed by atoms with Crippen molar-refractivity contribution in [1.82, 2.24) is 18.3 Å². The lowest BCUT2D eigenvalue weighted by Crippen LogP contribution is -2.57. The maximum atomic E-state index is 10.1. The third-order valence-corrected chi connectivity index (χ3v) is 19.2. The Kier molecular flexibility index (Phi) is 9.47. The Morgan fingerprint density at radius 3 is 1.01 bits per heavy atom. The van der Waals surface area contributed by atoms with Crippen LogP contribution in [0.4, 0.5) is 5.69 Å². The van der Waals surface area contributed by atoms with Crippen LogP contribution < -0.4 is 16.4 Å². The van der Waals surface area contributed by atoms with E-state index in [4.69, 9.17) is 6.57 Å². The first-order chi connectivity index (χ1) is 43.4. The first-order valence-electron chi connectivity index (χ1n) is 29.5. The number of hydrogen-bond donors (Lipinski definition) is 0.